The zero-order valence-electron chi connectivity index (χ0n) is 14.1. The van der Waals surface area contributed by atoms with Gasteiger partial charge in [-0.1, -0.05) is 25.5 Å². The lowest BCUT2D eigenvalue weighted by atomic mass is 9.94. The van der Waals surface area contributed by atoms with Crippen LogP contribution in [0.4, 0.5) is 0 Å². The predicted molar refractivity (Wildman–Crippen MR) is 90.9 cm³/mol. The quantitative estimate of drug-likeness (QED) is 0.474. The zero-order chi connectivity index (χ0) is 17.7. The maximum Gasteiger partial charge on any atom is 0.271 e. The number of hydrogen-bond donors (Lipinski definition) is 0. The topological polar surface area (TPSA) is 70.4 Å². The van der Waals surface area contributed by atoms with Crippen LogP contribution in [0.2, 0.25) is 0 Å². The Kier molecular flexibility index (Phi) is 5.54. The van der Waals surface area contributed by atoms with E-state index in [0.717, 1.165) is 29.1 Å². The van der Waals surface area contributed by atoms with E-state index in [0.29, 0.717) is 17.8 Å². The second-order valence-corrected chi connectivity index (χ2v) is 5.61. The number of benzene rings is 1. The van der Waals surface area contributed by atoms with Crippen LogP contribution in [0.5, 0.6) is 5.75 Å². The first-order chi connectivity index (χ1) is 11.5. The van der Waals surface area contributed by atoms with Crippen molar-refractivity contribution in [3.05, 3.63) is 46.5 Å². The normalized spacial score (nSPS) is 16.6. The van der Waals surface area contributed by atoms with Crippen molar-refractivity contribution in [2.75, 3.05) is 13.7 Å². The maximum absolute atomic E-state index is 12.3. The Morgan fingerprint density at radius 1 is 1.21 bits per heavy atom. The third kappa shape index (κ3) is 3.54. The van der Waals surface area contributed by atoms with E-state index in [2.05, 4.69) is 6.92 Å². The molecule has 0 aromatic heterocycles. The zero-order valence-corrected chi connectivity index (χ0v) is 14.1. The fraction of sp³-hybridized carbons (Fsp3) is 0.316. The molecule has 5 nitrogen and oxygen atoms in total. The molecule has 0 saturated heterocycles. The van der Waals surface area contributed by atoms with Gasteiger partial charge < -0.3 is 4.74 Å². The van der Waals surface area contributed by atoms with Crippen LogP contribution in [0.1, 0.15) is 32.3 Å². The molecule has 0 aliphatic carbocycles. The highest BCUT2D eigenvalue weighted by atomic mass is 16.5. The van der Waals surface area contributed by atoms with Gasteiger partial charge in [0.25, 0.3) is 11.8 Å². The smallest absolute Gasteiger partial charge is 0.271 e. The molecule has 1 aliphatic heterocycles. The lowest BCUT2D eigenvalue weighted by Crippen LogP contribution is -2.39. The van der Waals surface area contributed by atoms with E-state index in [4.69, 9.17) is 10.00 Å². The first-order valence-electron chi connectivity index (χ1n) is 7.87. The molecule has 1 aromatic rings. The summed E-state index contributed by atoms with van der Waals surface area (Å²) < 4.78 is 5.61. The van der Waals surface area contributed by atoms with E-state index in [-0.39, 0.29) is 5.57 Å². The van der Waals surface area contributed by atoms with E-state index in [9.17, 15) is 9.59 Å². The van der Waals surface area contributed by atoms with Gasteiger partial charge in [-0.15, -0.1) is 0 Å². The van der Waals surface area contributed by atoms with Crippen molar-refractivity contribution < 1.29 is 14.3 Å². The number of carbonyl (C=O) groups is 2. The van der Waals surface area contributed by atoms with Gasteiger partial charge in [0.05, 0.1) is 6.61 Å². The molecule has 1 aromatic carbocycles. The van der Waals surface area contributed by atoms with E-state index in [1.165, 1.54) is 7.05 Å². The third-order valence-corrected chi connectivity index (χ3v) is 3.90. The van der Waals surface area contributed by atoms with Crippen LogP contribution in [0.15, 0.2) is 41.0 Å². The molecule has 0 unspecified atom stereocenters. The predicted octanol–water partition coefficient (Wildman–Crippen LogP) is 3.09. The number of unbranched alkanes of at least 4 members (excludes halogenated alkanes) is 1. The van der Waals surface area contributed by atoms with Crippen molar-refractivity contribution in [1.29, 1.82) is 5.26 Å². The summed E-state index contributed by atoms with van der Waals surface area (Å²) in [7, 11) is 1.38. The Balaban J connectivity index is 2.29. The Bertz CT molecular complexity index is 752. The highest BCUT2D eigenvalue weighted by Gasteiger charge is 2.32. The minimum Gasteiger partial charge on any atom is -0.494 e. The minimum absolute atomic E-state index is 0.00266. The first-order valence-corrected chi connectivity index (χ1v) is 7.87. The summed E-state index contributed by atoms with van der Waals surface area (Å²) in [6.07, 6.45) is 3.76. The molecule has 2 rings (SSSR count). The number of nitriles is 1. The van der Waals surface area contributed by atoms with Crippen molar-refractivity contribution in [2.24, 2.45) is 0 Å². The molecule has 0 spiro atoms. The standard InChI is InChI=1S/C19H20N2O3/c1-4-5-10-24-15-8-6-14(7-9-15)11-16-13(2)17(12-20)19(23)21(3)18(16)22/h6-9,11H,4-5,10H2,1-3H3/b16-11+. The molecule has 0 saturated carbocycles. The van der Waals surface area contributed by atoms with Gasteiger partial charge in [-0.25, -0.2) is 0 Å². The summed E-state index contributed by atoms with van der Waals surface area (Å²) in [6, 6.07) is 9.26. The maximum atomic E-state index is 12.3. The minimum atomic E-state index is -0.558. The van der Waals surface area contributed by atoms with E-state index < -0.39 is 11.8 Å². The molecule has 0 atom stereocenters. The van der Waals surface area contributed by atoms with Crippen molar-refractivity contribution in [2.45, 2.75) is 26.7 Å². The summed E-state index contributed by atoms with van der Waals surface area (Å²) in [4.78, 5) is 25.2. The fourth-order valence-electron chi connectivity index (χ4n) is 2.36. The van der Waals surface area contributed by atoms with Crippen molar-refractivity contribution in [1.82, 2.24) is 4.90 Å². The summed E-state index contributed by atoms with van der Waals surface area (Å²) >= 11 is 0. The summed E-state index contributed by atoms with van der Waals surface area (Å²) in [5, 5.41) is 9.15. The highest BCUT2D eigenvalue weighted by molar-refractivity contribution is 6.19. The molecule has 0 fully saturated rings. The second-order valence-electron chi connectivity index (χ2n) is 5.61. The largest absolute Gasteiger partial charge is 0.494 e. The third-order valence-electron chi connectivity index (χ3n) is 3.90. The lowest BCUT2D eigenvalue weighted by Gasteiger charge is -2.23. The van der Waals surface area contributed by atoms with Crippen molar-refractivity contribution in [3.8, 4) is 11.8 Å². The number of nitrogens with zero attached hydrogens (tertiary/aromatic N) is 2. The summed E-state index contributed by atoms with van der Waals surface area (Å²) in [5.74, 6) is -0.186. The fourth-order valence-corrected chi connectivity index (χ4v) is 2.36. The van der Waals surface area contributed by atoms with E-state index >= 15 is 0 Å². The van der Waals surface area contributed by atoms with Gasteiger partial charge in [-0.2, -0.15) is 5.26 Å². The second kappa shape index (κ2) is 7.60. The molecule has 0 bridgehead atoms. The molecule has 24 heavy (non-hydrogen) atoms. The summed E-state index contributed by atoms with van der Waals surface area (Å²) in [5.41, 5.74) is 1.57. The molecule has 124 valence electrons. The number of ether oxygens (including phenoxy) is 1. The van der Waals surface area contributed by atoms with Gasteiger partial charge in [0.2, 0.25) is 0 Å². The van der Waals surface area contributed by atoms with Gasteiger partial charge in [0.15, 0.2) is 0 Å². The van der Waals surface area contributed by atoms with Crippen molar-refractivity contribution >= 4 is 17.9 Å². The SMILES string of the molecule is CCCCOc1ccc(/C=C2/C(=O)N(C)C(=O)C(C#N)=C2C)cc1. The van der Waals surface area contributed by atoms with Gasteiger partial charge in [0.1, 0.15) is 17.4 Å². The van der Waals surface area contributed by atoms with Crippen molar-refractivity contribution in [3.63, 3.8) is 0 Å². The Morgan fingerprint density at radius 3 is 2.46 bits per heavy atom. The van der Waals surface area contributed by atoms with Gasteiger partial charge in [-0.3, -0.25) is 14.5 Å². The number of likely N-dealkylation sites (N-methyl/N-ethyl adjacent to an activating group) is 1. The number of carbonyl (C=O) groups excluding carboxylic acids is 2. The Hall–Kier alpha value is -2.87. The highest BCUT2D eigenvalue weighted by Crippen LogP contribution is 2.26. The van der Waals surface area contributed by atoms with Gasteiger partial charge in [0, 0.05) is 12.6 Å². The molecule has 1 aliphatic rings. The Labute approximate surface area is 141 Å². The van der Waals surface area contributed by atoms with E-state index in [1.807, 2.05) is 30.3 Å². The number of imide groups is 1. The molecule has 0 N–H and O–H groups in total. The number of hydrogen-bond acceptors (Lipinski definition) is 4. The molecule has 0 radical (unpaired) electrons. The summed E-state index contributed by atoms with van der Waals surface area (Å²) in [6.45, 7) is 4.40. The van der Waals surface area contributed by atoms with Crippen LogP contribution in [-0.4, -0.2) is 30.4 Å². The molecule has 1 heterocycles. The van der Waals surface area contributed by atoms with Crippen LogP contribution in [0.25, 0.3) is 6.08 Å². The number of amides is 2. The van der Waals surface area contributed by atoms with E-state index in [1.54, 1.807) is 13.0 Å². The number of rotatable bonds is 5. The Morgan fingerprint density at radius 2 is 1.88 bits per heavy atom. The van der Waals surface area contributed by atoms with Gasteiger partial charge in [-0.05, 0) is 42.7 Å². The van der Waals surface area contributed by atoms with Crippen LogP contribution in [0, 0.1) is 11.3 Å². The van der Waals surface area contributed by atoms with Gasteiger partial charge >= 0.3 is 0 Å². The average Bonchev–Trinajstić information content (AvgIpc) is 2.59. The monoisotopic (exact) mass is 324 g/mol. The first kappa shape index (κ1) is 17.5. The average molecular weight is 324 g/mol. The lowest BCUT2D eigenvalue weighted by molar-refractivity contribution is -0.138. The van der Waals surface area contributed by atoms with Crippen LogP contribution < -0.4 is 4.74 Å². The van der Waals surface area contributed by atoms with Crippen LogP contribution >= 0.6 is 0 Å². The molecule has 2 amide bonds. The van der Waals surface area contributed by atoms with Crippen LogP contribution in [0.3, 0.4) is 0 Å². The molecular weight excluding hydrogens is 304 g/mol. The van der Waals surface area contributed by atoms with Crippen LogP contribution in [-0.2, 0) is 9.59 Å². The molecule has 5 heteroatoms. The molecular formula is C19H20N2O3.